The van der Waals surface area contributed by atoms with Crippen molar-refractivity contribution in [2.75, 3.05) is 0 Å². The fraction of sp³-hybridized carbons (Fsp3) is 0.0625. The van der Waals surface area contributed by atoms with E-state index in [1.54, 1.807) is 30.5 Å². The summed E-state index contributed by atoms with van der Waals surface area (Å²) in [6.45, 7) is 0. The van der Waals surface area contributed by atoms with Crippen LogP contribution >= 0.6 is 27.3 Å². The van der Waals surface area contributed by atoms with Gasteiger partial charge < -0.3 is 10.4 Å². The maximum Gasteiger partial charge on any atom is 0.305 e. The first-order chi connectivity index (χ1) is 11.5. The van der Waals surface area contributed by atoms with E-state index in [9.17, 15) is 9.59 Å². The van der Waals surface area contributed by atoms with Crippen molar-refractivity contribution in [1.82, 2.24) is 9.97 Å². The average molecular weight is 403 g/mol. The number of benzene rings is 1. The van der Waals surface area contributed by atoms with Gasteiger partial charge in [-0.15, -0.1) is 0 Å². The third kappa shape index (κ3) is 3.72. The van der Waals surface area contributed by atoms with E-state index in [4.69, 9.17) is 5.41 Å². The molecule has 1 aromatic carbocycles. The molecule has 3 rings (SSSR count). The smallest absolute Gasteiger partial charge is 0.305 e. The number of H-pyrrole nitrogens is 1. The molecule has 0 amide bonds. The first-order valence-electron chi connectivity index (χ1n) is 6.92. The molecule has 6 nitrogen and oxygen atoms in total. The molecule has 0 saturated heterocycles. The lowest BCUT2D eigenvalue weighted by Crippen LogP contribution is -2.13. The number of carbonyl (C=O) groups excluding carboxylic acids is 1. The van der Waals surface area contributed by atoms with E-state index >= 15 is 0 Å². The lowest BCUT2D eigenvalue weighted by atomic mass is 10.1. The highest BCUT2D eigenvalue weighted by atomic mass is 79.9. The van der Waals surface area contributed by atoms with Gasteiger partial charge in [-0.25, -0.2) is 9.98 Å². The van der Waals surface area contributed by atoms with E-state index < -0.39 is 0 Å². The van der Waals surface area contributed by atoms with E-state index in [2.05, 4.69) is 30.9 Å². The van der Waals surface area contributed by atoms with Gasteiger partial charge in [-0.05, 0) is 46.3 Å². The van der Waals surface area contributed by atoms with Gasteiger partial charge in [0, 0.05) is 28.9 Å². The summed E-state index contributed by atoms with van der Waals surface area (Å²) >= 11 is 4.33. The summed E-state index contributed by atoms with van der Waals surface area (Å²) < 4.78 is 1.55. The van der Waals surface area contributed by atoms with Gasteiger partial charge >= 0.3 is 4.87 Å². The zero-order valence-electron chi connectivity index (χ0n) is 12.2. The molecule has 0 fully saturated rings. The second-order valence-corrected chi connectivity index (χ2v) is 6.81. The van der Waals surface area contributed by atoms with Crippen molar-refractivity contribution in [2.24, 2.45) is 4.99 Å². The fourth-order valence-corrected chi connectivity index (χ4v) is 3.04. The Balaban J connectivity index is 1.70. The van der Waals surface area contributed by atoms with Crippen LogP contribution in [0, 0.1) is 5.41 Å². The number of thiazole rings is 1. The number of carbonyl (C=O) groups is 1. The number of rotatable bonds is 5. The summed E-state index contributed by atoms with van der Waals surface area (Å²) in [5.41, 5.74) is 1.01. The number of Topliss-reactive ketones (excluding diaryl/α,β-unsaturated/α-hetero) is 1. The van der Waals surface area contributed by atoms with Crippen LogP contribution in [-0.4, -0.2) is 27.7 Å². The van der Waals surface area contributed by atoms with Crippen LogP contribution in [0.2, 0.25) is 0 Å². The summed E-state index contributed by atoms with van der Waals surface area (Å²) in [6, 6.07) is 8.45. The summed E-state index contributed by atoms with van der Waals surface area (Å²) in [4.78, 5) is 34.3. The van der Waals surface area contributed by atoms with Crippen LogP contribution < -0.4 is 4.87 Å². The van der Waals surface area contributed by atoms with Crippen molar-refractivity contribution < 1.29 is 4.79 Å². The number of nitrogens with zero attached hydrogens (tertiary/aromatic N) is 2. The number of halogens is 1. The molecule has 120 valence electrons. The van der Waals surface area contributed by atoms with E-state index in [1.165, 1.54) is 6.21 Å². The molecule has 0 aliphatic rings. The number of pyridine rings is 1. The number of aliphatic imine (C=N–C) groups is 1. The zero-order chi connectivity index (χ0) is 17.1. The summed E-state index contributed by atoms with van der Waals surface area (Å²) in [5, 5.41) is 7.91. The highest BCUT2D eigenvalue weighted by molar-refractivity contribution is 9.10. The Morgan fingerprint density at radius 2 is 2.21 bits per heavy atom. The molecule has 2 heterocycles. The largest absolute Gasteiger partial charge is 0.312 e. The maximum absolute atomic E-state index is 12.3. The molecule has 0 unspecified atom stereocenters. The van der Waals surface area contributed by atoms with Crippen molar-refractivity contribution >= 4 is 61.0 Å². The van der Waals surface area contributed by atoms with Crippen molar-refractivity contribution in [3.8, 4) is 0 Å². The maximum atomic E-state index is 12.3. The third-order valence-corrected chi connectivity index (χ3v) is 4.50. The minimum Gasteiger partial charge on any atom is -0.312 e. The zero-order valence-corrected chi connectivity index (χ0v) is 14.6. The molecule has 3 aromatic rings. The number of aromatic nitrogens is 2. The van der Waals surface area contributed by atoms with Crippen LogP contribution in [0.15, 0.2) is 50.8 Å². The Kier molecular flexibility index (Phi) is 4.77. The van der Waals surface area contributed by atoms with Crippen molar-refractivity contribution in [3.63, 3.8) is 0 Å². The van der Waals surface area contributed by atoms with Gasteiger partial charge in [0.25, 0.3) is 0 Å². The molecule has 0 saturated carbocycles. The quantitative estimate of drug-likeness (QED) is 0.502. The minimum absolute atomic E-state index is 0.0712. The minimum atomic E-state index is -0.382. The predicted octanol–water partition coefficient (Wildman–Crippen LogP) is 3.74. The molecule has 0 radical (unpaired) electrons. The van der Waals surface area contributed by atoms with Crippen LogP contribution in [0.1, 0.15) is 16.8 Å². The molecule has 2 aromatic heterocycles. The Hall–Kier alpha value is -2.45. The van der Waals surface area contributed by atoms with Gasteiger partial charge in [-0.2, -0.15) is 0 Å². The number of aromatic amines is 1. The molecule has 0 atom stereocenters. The molecule has 0 spiro atoms. The molecular formula is C16H11BrN4O2S. The second kappa shape index (κ2) is 6.98. The van der Waals surface area contributed by atoms with Gasteiger partial charge in [-0.1, -0.05) is 11.3 Å². The Bertz CT molecular complexity index is 1000. The Morgan fingerprint density at radius 3 is 2.96 bits per heavy atom. The molecule has 0 aliphatic carbocycles. The lowest BCUT2D eigenvalue weighted by Gasteiger charge is -2.01. The predicted molar refractivity (Wildman–Crippen MR) is 99.2 cm³/mol. The van der Waals surface area contributed by atoms with E-state index in [0.717, 1.165) is 15.8 Å². The molecule has 8 heteroatoms. The average Bonchev–Trinajstić information content (AvgIpc) is 2.95. The topological polar surface area (TPSA) is 99.0 Å². The van der Waals surface area contributed by atoms with Crippen LogP contribution in [0.3, 0.4) is 0 Å². The number of hydrogen-bond donors (Lipinski definition) is 2. The van der Waals surface area contributed by atoms with E-state index in [0.29, 0.717) is 21.6 Å². The van der Waals surface area contributed by atoms with E-state index in [1.807, 2.05) is 6.07 Å². The Morgan fingerprint density at radius 1 is 1.38 bits per heavy atom. The monoisotopic (exact) mass is 402 g/mol. The van der Waals surface area contributed by atoms with Gasteiger partial charge in [0.1, 0.15) is 0 Å². The lowest BCUT2D eigenvalue weighted by molar-refractivity contribution is 0.106. The number of ketones is 1. The fourth-order valence-electron chi connectivity index (χ4n) is 2.03. The summed E-state index contributed by atoms with van der Waals surface area (Å²) in [7, 11) is 0. The first-order valence-corrected chi connectivity index (χ1v) is 8.53. The van der Waals surface area contributed by atoms with Crippen molar-refractivity contribution in [1.29, 1.82) is 5.41 Å². The molecular weight excluding hydrogens is 392 g/mol. The van der Waals surface area contributed by atoms with Gasteiger partial charge in [0.05, 0.1) is 15.9 Å². The summed E-state index contributed by atoms with van der Waals surface area (Å²) in [6.07, 6.45) is 3.22. The van der Waals surface area contributed by atoms with Crippen LogP contribution in [0.25, 0.3) is 10.2 Å². The van der Waals surface area contributed by atoms with Crippen LogP contribution in [0.5, 0.6) is 0 Å². The third-order valence-electron chi connectivity index (χ3n) is 3.19. The standard InChI is InChI=1S/C16H11BrN4O2S/c17-10-2-4-14(20-8-10)19-6-5-11(18)15(22)9-1-3-12-13(7-9)24-16(23)21-12/h1-4,6-8,18H,5H2,(H,21,23). The Labute approximate surface area is 148 Å². The number of fused-ring (bicyclic) bond motifs is 1. The molecule has 0 aliphatic heterocycles. The van der Waals surface area contributed by atoms with Crippen LogP contribution in [0.4, 0.5) is 5.82 Å². The van der Waals surface area contributed by atoms with Gasteiger partial charge in [-0.3, -0.25) is 9.59 Å². The summed E-state index contributed by atoms with van der Waals surface area (Å²) in [5.74, 6) is 0.130. The van der Waals surface area contributed by atoms with Crippen molar-refractivity contribution in [3.05, 3.63) is 56.2 Å². The van der Waals surface area contributed by atoms with E-state index in [-0.39, 0.29) is 22.8 Å². The highest BCUT2D eigenvalue weighted by Crippen LogP contribution is 2.17. The van der Waals surface area contributed by atoms with Crippen molar-refractivity contribution in [2.45, 2.75) is 6.42 Å². The first kappa shape index (κ1) is 16.4. The highest BCUT2D eigenvalue weighted by Gasteiger charge is 2.12. The van der Waals surface area contributed by atoms with Gasteiger partial charge in [0.2, 0.25) is 5.78 Å². The van der Waals surface area contributed by atoms with Crippen LogP contribution in [-0.2, 0) is 0 Å². The van der Waals surface area contributed by atoms with Gasteiger partial charge in [0.15, 0.2) is 5.82 Å². The molecule has 2 N–H and O–H groups in total. The SMILES string of the molecule is N=C(CC=Nc1ccc(Br)cn1)C(=O)c1ccc2[nH]c(=O)sc2c1. The molecule has 0 bridgehead atoms. The normalized spacial score (nSPS) is 11.2. The molecule has 24 heavy (non-hydrogen) atoms. The number of nitrogens with one attached hydrogen (secondary N) is 2. The second-order valence-electron chi connectivity index (χ2n) is 4.88. The number of hydrogen-bond acceptors (Lipinski definition) is 6.